The lowest BCUT2D eigenvalue weighted by atomic mass is 9.85. The zero-order chi connectivity index (χ0) is 13.7. The first-order chi connectivity index (χ1) is 9.21. The van der Waals surface area contributed by atoms with E-state index >= 15 is 0 Å². The maximum absolute atomic E-state index is 12.3. The minimum atomic E-state index is 0.536. The van der Waals surface area contributed by atoms with Gasteiger partial charge in [-0.15, -0.1) is 0 Å². The number of fused-ring (bicyclic) bond motifs is 2. The Labute approximate surface area is 118 Å². The number of rotatable bonds is 8. The third-order valence-electron chi connectivity index (χ3n) is 5.15. The van der Waals surface area contributed by atoms with Gasteiger partial charge in [-0.2, -0.15) is 0 Å². The first kappa shape index (κ1) is 15.0. The Morgan fingerprint density at radius 1 is 1.21 bits per heavy atom. The van der Waals surface area contributed by atoms with Crippen LogP contribution in [0.1, 0.15) is 78.1 Å². The zero-order valence-electron chi connectivity index (χ0n) is 12.8. The molecule has 110 valence electrons. The summed E-state index contributed by atoms with van der Waals surface area (Å²) in [6.45, 7) is 4.47. The van der Waals surface area contributed by atoms with Crippen LogP contribution in [0, 0.1) is 11.8 Å². The number of hydrogen-bond donors (Lipinski definition) is 1. The molecule has 1 N–H and O–H groups in total. The van der Waals surface area contributed by atoms with Gasteiger partial charge < -0.3 is 5.32 Å². The first-order valence-corrected chi connectivity index (χ1v) is 8.49. The maximum atomic E-state index is 12.3. The first-order valence-electron chi connectivity index (χ1n) is 8.49. The topological polar surface area (TPSA) is 29.1 Å². The summed E-state index contributed by atoms with van der Waals surface area (Å²) < 4.78 is 0. The molecule has 2 rings (SSSR count). The normalized spacial score (nSPS) is 31.4. The Morgan fingerprint density at radius 3 is 2.47 bits per heavy atom. The van der Waals surface area contributed by atoms with Gasteiger partial charge in [0.25, 0.3) is 0 Å². The van der Waals surface area contributed by atoms with E-state index in [1.165, 1.54) is 51.4 Å². The fraction of sp³-hybridized carbons (Fsp3) is 0.941. The molecule has 2 fully saturated rings. The molecular formula is C17H31NO. The van der Waals surface area contributed by atoms with Gasteiger partial charge in [0.2, 0.25) is 0 Å². The van der Waals surface area contributed by atoms with Crippen molar-refractivity contribution in [2.75, 3.05) is 0 Å². The minimum Gasteiger partial charge on any atom is -0.311 e. The van der Waals surface area contributed by atoms with Crippen LogP contribution in [0.3, 0.4) is 0 Å². The van der Waals surface area contributed by atoms with E-state index in [0.29, 0.717) is 17.6 Å². The van der Waals surface area contributed by atoms with E-state index in [0.717, 1.165) is 24.9 Å². The highest BCUT2D eigenvalue weighted by Gasteiger charge is 2.34. The number of nitrogens with one attached hydrogen (secondary N) is 1. The lowest BCUT2D eigenvalue weighted by Crippen LogP contribution is -2.38. The van der Waals surface area contributed by atoms with E-state index in [2.05, 4.69) is 19.2 Å². The number of carbonyl (C=O) groups excluding carboxylic acids is 1. The van der Waals surface area contributed by atoms with Crippen LogP contribution in [0.5, 0.6) is 0 Å². The van der Waals surface area contributed by atoms with Gasteiger partial charge in [-0.1, -0.05) is 39.5 Å². The number of carbonyl (C=O) groups is 1. The van der Waals surface area contributed by atoms with Crippen molar-refractivity contribution in [3.05, 3.63) is 0 Å². The van der Waals surface area contributed by atoms with Gasteiger partial charge in [-0.25, -0.2) is 0 Å². The van der Waals surface area contributed by atoms with Crippen LogP contribution in [0.25, 0.3) is 0 Å². The van der Waals surface area contributed by atoms with Gasteiger partial charge in [0.05, 0.1) is 0 Å². The largest absolute Gasteiger partial charge is 0.311 e. The molecule has 0 aromatic heterocycles. The van der Waals surface area contributed by atoms with E-state index in [-0.39, 0.29) is 0 Å². The summed E-state index contributed by atoms with van der Waals surface area (Å²) in [6.07, 6.45) is 11.8. The number of hydrogen-bond acceptors (Lipinski definition) is 2. The highest BCUT2D eigenvalue weighted by molar-refractivity contribution is 5.78. The SMILES string of the molecule is CCCCC(CC)CC(=O)CC1CC2CCC(C1)N2. The van der Waals surface area contributed by atoms with Gasteiger partial charge in [0.1, 0.15) is 5.78 Å². The van der Waals surface area contributed by atoms with Crippen LogP contribution in [0.15, 0.2) is 0 Å². The number of Topliss-reactive ketones (excluding diaryl/α,β-unsaturated/α-hetero) is 1. The Hall–Kier alpha value is -0.370. The highest BCUT2D eigenvalue weighted by atomic mass is 16.1. The fourth-order valence-electron chi connectivity index (χ4n) is 4.01. The van der Waals surface area contributed by atoms with Crippen LogP contribution in [0.4, 0.5) is 0 Å². The lowest BCUT2D eigenvalue weighted by Gasteiger charge is -2.29. The van der Waals surface area contributed by atoms with E-state index in [1.807, 2.05) is 0 Å². The molecule has 0 aliphatic carbocycles. The van der Waals surface area contributed by atoms with Crippen LogP contribution in [0.2, 0.25) is 0 Å². The molecule has 2 aliphatic rings. The molecule has 2 bridgehead atoms. The van der Waals surface area contributed by atoms with Crippen molar-refractivity contribution < 1.29 is 4.79 Å². The van der Waals surface area contributed by atoms with Crippen molar-refractivity contribution >= 4 is 5.78 Å². The Kier molecular flexibility index (Phi) is 5.87. The van der Waals surface area contributed by atoms with Crippen LogP contribution in [-0.4, -0.2) is 17.9 Å². The summed E-state index contributed by atoms with van der Waals surface area (Å²) >= 11 is 0. The molecule has 2 nitrogen and oxygen atoms in total. The summed E-state index contributed by atoms with van der Waals surface area (Å²) in [4.78, 5) is 12.3. The van der Waals surface area contributed by atoms with E-state index in [9.17, 15) is 4.79 Å². The monoisotopic (exact) mass is 265 g/mol. The van der Waals surface area contributed by atoms with E-state index in [1.54, 1.807) is 0 Å². The molecule has 0 aromatic rings. The molecule has 19 heavy (non-hydrogen) atoms. The maximum Gasteiger partial charge on any atom is 0.133 e. The molecule has 2 heteroatoms. The number of ketones is 1. The smallest absolute Gasteiger partial charge is 0.133 e. The van der Waals surface area contributed by atoms with Crippen molar-refractivity contribution in [3.63, 3.8) is 0 Å². The fourth-order valence-corrected chi connectivity index (χ4v) is 4.01. The molecule has 2 aliphatic heterocycles. The average molecular weight is 265 g/mol. The number of unbranched alkanes of at least 4 members (excludes halogenated alkanes) is 1. The second-order valence-corrected chi connectivity index (χ2v) is 6.84. The second kappa shape index (κ2) is 7.42. The molecule has 0 aromatic carbocycles. The lowest BCUT2D eigenvalue weighted by molar-refractivity contribution is -0.121. The summed E-state index contributed by atoms with van der Waals surface area (Å²) in [5.74, 6) is 1.86. The summed E-state index contributed by atoms with van der Waals surface area (Å²) in [5, 5.41) is 3.66. The molecular weight excluding hydrogens is 234 g/mol. The van der Waals surface area contributed by atoms with Gasteiger partial charge >= 0.3 is 0 Å². The third kappa shape index (κ3) is 4.59. The molecule has 0 radical (unpaired) electrons. The Morgan fingerprint density at radius 2 is 1.89 bits per heavy atom. The van der Waals surface area contributed by atoms with Crippen molar-refractivity contribution in [1.29, 1.82) is 0 Å². The Bertz CT molecular complexity index is 277. The second-order valence-electron chi connectivity index (χ2n) is 6.84. The van der Waals surface area contributed by atoms with E-state index < -0.39 is 0 Å². The summed E-state index contributed by atoms with van der Waals surface area (Å²) in [7, 11) is 0. The Balaban J connectivity index is 1.71. The zero-order valence-corrected chi connectivity index (χ0v) is 12.8. The molecule has 0 amide bonds. The van der Waals surface area contributed by atoms with Crippen molar-refractivity contribution in [3.8, 4) is 0 Å². The van der Waals surface area contributed by atoms with Crippen molar-refractivity contribution in [2.45, 2.75) is 90.1 Å². The predicted molar refractivity (Wildman–Crippen MR) is 80.2 cm³/mol. The van der Waals surface area contributed by atoms with Gasteiger partial charge in [0, 0.05) is 24.9 Å². The molecule has 3 unspecified atom stereocenters. The van der Waals surface area contributed by atoms with Crippen LogP contribution < -0.4 is 5.32 Å². The summed E-state index contributed by atoms with van der Waals surface area (Å²) in [5.41, 5.74) is 0. The quantitative estimate of drug-likeness (QED) is 0.716. The molecule has 3 atom stereocenters. The molecule has 2 saturated heterocycles. The highest BCUT2D eigenvalue weighted by Crippen LogP contribution is 2.33. The van der Waals surface area contributed by atoms with Gasteiger partial charge in [0.15, 0.2) is 0 Å². The van der Waals surface area contributed by atoms with Gasteiger partial charge in [-0.05, 0) is 37.5 Å². The van der Waals surface area contributed by atoms with Crippen LogP contribution in [-0.2, 0) is 4.79 Å². The summed E-state index contributed by atoms with van der Waals surface area (Å²) in [6, 6.07) is 1.44. The van der Waals surface area contributed by atoms with Crippen molar-refractivity contribution in [1.82, 2.24) is 5.32 Å². The average Bonchev–Trinajstić information content (AvgIpc) is 2.73. The minimum absolute atomic E-state index is 0.536. The molecule has 2 heterocycles. The predicted octanol–water partition coefficient (Wildman–Crippen LogP) is 4.08. The van der Waals surface area contributed by atoms with Gasteiger partial charge in [-0.3, -0.25) is 4.79 Å². The molecule has 0 saturated carbocycles. The molecule has 0 spiro atoms. The van der Waals surface area contributed by atoms with E-state index in [4.69, 9.17) is 0 Å². The van der Waals surface area contributed by atoms with Crippen LogP contribution >= 0.6 is 0 Å². The standard InChI is InChI=1S/C17H31NO/c1-3-5-6-13(4-2)11-17(19)12-14-9-15-7-8-16(10-14)18-15/h13-16,18H,3-12H2,1-2H3. The third-order valence-corrected chi connectivity index (χ3v) is 5.15. The van der Waals surface area contributed by atoms with Crippen molar-refractivity contribution in [2.24, 2.45) is 11.8 Å². The number of piperidine rings is 1.